The Morgan fingerprint density at radius 1 is 1.31 bits per heavy atom. The van der Waals surface area contributed by atoms with Crippen LogP contribution >= 0.6 is 33.9 Å². The van der Waals surface area contributed by atoms with Gasteiger partial charge in [0, 0.05) is 9.81 Å². The van der Waals surface area contributed by atoms with Gasteiger partial charge in [0.1, 0.15) is 17.3 Å². The number of hydrogen-bond donors (Lipinski definition) is 4. The van der Waals surface area contributed by atoms with Crippen LogP contribution < -0.4 is 16.0 Å². The van der Waals surface area contributed by atoms with Gasteiger partial charge in [0.25, 0.3) is 5.91 Å². The number of carboxylic acids is 1. The van der Waals surface area contributed by atoms with Gasteiger partial charge >= 0.3 is 12.1 Å². The van der Waals surface area contributed by atoms with Crippen molar-refractivity contribution in [3.05, 3.63) is 11.1 Å². The maximum atomic E-state index is 12.9. The highest BCUT2D eigenvalue weighted by atomic mass is 127. The first-order valence-corrected chi connectivity index (χ1v) is 11.8. The molecule has 0 aliphatic carbocycles. The molecule has 12 nitrogen and oxygen atoms in total. The third-order valence-electron chi connectivity index (χ3n) is 3.92. The van der Waals surface area contributed by atoms with E-state index >= 15 is 0 Å². The van der Waals surface area contributed by atoms with Crippen LogP contribution in [0.4, 0.5) is 9.93 Å². The van der Waals surface area contributed by atoms with Crippen LogP contribution in [0.3, 0.4) is 0 Å². The summed E-state index contributed by atoms with van der Waals surface area (Å²) in [5.74, 6) is -2.43. The number of β-lactam (4-membered cyclic amide) rings is 1. The molecule has 1 aliphatic heterocycles. The van der Waals surface area contributed by atoms with Crippen LogP contribution in [0.15, 0.2) is 10.5 Å². The molecule has 32 heavy (non-hydrogen) atoms. The zero-order valence-electron chi connectivity index (χ0n) is 18.0. The molecule has 4 N–H and O–H groups in total. The monoisotopic (exact) mass is 581 g/mol. The van der Waals surface area contributed by atoms with Crippen molar-refractivity contribution in [2.24, 2.45) is 5.16 Å². The van der Waals surface area contributed by atoms with Crippen LogP contribution in [-0.2, 0) is 24.0 Å². The quantitative estimate of drug-likeness (QED) is 0.118. The summed E-state index contributed by atoms with van der Waals surface area (Å²) in [4.78, 5) is 57.1. The second-order valence-corrected chi connectivity index (χ2v) is 9.97. The number of aromatic nitrogens is 1. The number of ether oxygens (including phenoxy) is 1. The average molecular weight is 581 g/mol. The topological polar surface area (TPSA) is 168 Å². The van der Waals surface area contributed by atoms with E-state index in [0.717, 1.165) is 11.3 Å². The smallest absolute Gasteiger partial charge is 0.413 e. The summed E-state index contributed by atoms with van der Waals surface area (Å²) in [6.45, 7) is 7.63. The van der Waals surface area contributed by atoms with Gasteiger partial charge in [0.05, 0.1) is 6.04 Å². The Balaban J connectivity index is 2.26. The van der Waals surface area contributed by atoms with Crippen LogP contribution in [-0.4, -0.2) is 67.4 Å². The third-order valence-corrected chi connectivity index (χ3v) is 5.62. The summed E-state index contributed by atoms with van der Waals surface area (Å²) in [5, 5.41) is 22.2. The molecule has 0 spiro atoms. The molecule has 2 atom stereocenters. The van der Waals surface area contributed by atoms with Gasteiger partial charge in [-0.05, 0) is 34.6 Å². The van der Waals surface area contributed by atoms with Gasteiger partial charge in [-0.1, -0.05) is 27.7 Å². The Morgan fingerprint density at radius 3 is 2.50 bits per heavy atom. The Labute approximate surface area is 201 Å². The molecule has 2 heterocycles. The Morgan fingerprint density at radius 2 is 1.97 bits per heavy atom. The maximum Gasteiger partial charge on any atom is 0.413 e. The van der Waals surface area contributed by atoms with E-state index in [9.17, 15) is 24.3 Å². The van der Waals surface area contributed by atoms with Crippen LogP contribution in [0, 0.1) is 0 Å². The fraction of sp³-hybridized carbons (Fsp3) is 0.556. The zero-order valence-corrected chi connectivity index (χ0v) is 21.0. The Bertz CT molecular complexity index is 940. The minimum absolute atomic E-state index is 0.0190. The van der Waals surface area contributed by atoms with Crippen molar-refractivity contribution in [2.45, 2.75) is 57.9 Å². The molecule has 1 aliphatic rings. The molecule has 176 valence electrons. The SMILES string of the molecule is CC(C)(C)OC(=O)Nc1nc(/C(=N/OC(C)(C)C(=O)O)C(=O)N[C@@H]2C(=O)N[C@@H]2CI)cs1. The van der Waals surface area contributed by atoms with Gasteiger partial charge in [0.15, 0.2) is 10.8 Å². The minimum Gasteiger partial charge on any atom is -0.478 e. The number of nitrogens with zero attached hydrogens (tertiary/aromatic N) is 2. The number of carbonyl (C=O) groups excluding carboxylic acids is 3. The molecule has 0 unspecified atom stereocenters. The molecule has 2 rings (SSSR count). The number of halogens is 1. The second kappa shape index (κ2) is 9.97. The molecule has 0 radical (unpaired) electrons. The van der Waals surface area contributed by atoms with E-state index in [2.05, 4.69) is 48.7 Å². The van der Waals surface area contributed by atoms with Crippen LogP contribution in [0.1, 0.15) is 40.3 Å². The van der Waals surface area contributed by atoms with Gasteiger partial charge in [-0.15, -0.1) is 11.3 Å². The average Bonchev–Trinajstić information content (AvgIpc) is 3.10. The molecule has 0 aromatic carbocycles. The van der Waals surface area contributed by atoms with E-state index in [4.69, 9.17) is 9.57 Å². The van der Waals surface area contributed by atoms with Gasteiger partial charge in [-0.3, -0.25) is 14.9 Å². The van der Waals surface area contributed by atoms with Gasteiger partial charge in [0.2, 0.25) is 11.5 Å². The maximum absolute atomic E-state index is 12.9. The van der Waals surface area contributed by atoms with Crippen molar-refractivity contribution >= 4 is 68.6 Å². The fourth-order valence-corrected chi connectivity index (χ4v) is 3.59. The predicted molar refractivity (Wildman–Crippen MR) is 124 cm³/mol. The Hall–Kier alpha value is -2.49. The largest absolute Gasteiger partial charge is 0.478 e. The second-order valence-electron chi connectivity index (χ2n) is 8.23. The van der Waals surface area contributed by atoms with E-state index in [1.165, 1.54) is 19.2 Å². The first kappa shape index (κ1) is 25.8. The number of rotatable bonds is 8. The first-order valence-electron chi connectivity index (χ1n) is 9.36. The number of carbonyl (C=O) groups is 4. The van der Waals surface area contributed by atoms with Crippen molar-refractivity contribution in [2.75, 3.05) is 9.74 Å². The molecule has 14 heteroatoms. The predicted octanol–water partition coefficient (Wildman–Crippen LogP) is 1.49. The van der Waals surface area contributed by atoms with E-state index < -0.39 is 35.2 Å². The minimum atomic E-state index is -1.72. The van der Waals surface area contributed by atoms with Crippen LogP contribution in [0.5, 0.6) is 0 Å². The number of alkyl halides is 1. The summed E-state index contributed by atoms with van der Waals surface area (Å²) in [6, 6.07) is -1.01. The first-order chi connectivity index (χ1) is 14.7. The van der Waals surface area contributed by atoms with Crippen molar-refractivity contribution in [3.63, 3.8) is 0 Å². The third kappa shape index (κ3) is 6.75. The van der Waals surface area contributed by atoms with Gasteiger partial charge in [-0.25, -0.2) is 14.6 Å². The fourth-order valence-electron chi connectivity index (χ4n) is 2.18. The number of carboxylic acid groups (broad SMARTS) is 1. The molecular formula is C18H24IN5O7S. The highest BCUT2D eigenvalue weighted by Gasteiger charge is 2.40. The van der Waals surface area contributed by atoms with Crippen molar-refractivity contribution in [1.82, 2.24) is 15.6 Å². The molecule has 1 aromatic heterocycles. The molecule has 1 aromatic rings. The number of oxime groups is 1. The van der Waals surface area contributed by atoms with Crippen molar-refractivity contribution < 1.29 is 33.9 Å². The van der Waals surface area contributed by atoms with Crippen molar-refractivity contribution in [3.8, 4) is 0 Å². The lowest BCUT2D eigenvalue weighted by Gasteiger charge is -2.35. The highest BCUT2D eigenvalue weighted by molar-refractivity contribution is 14.1. The van der Waals surface area contributed by atoms with E-state index in [0.29, 0.717) is 4.43 Å². The zero-order chi connectivity index (χ0) is 24.3. The highest BCUT2D eigenvalue weighted by Crippen LogP contribution is 2.20. The standard InChI is InChI=1S/C18H24IN5O7S/c1-17(2,3)30-16(29)23-15-21-9(7-32-15)11(24-31-18(4,5)14(27)28)13(26)22-10-8(6-19)20-12(10)25/h7-8,10H,6H2,1-5H3,(H,20,25)(H,22,26)(H,27,28)(H,21,23,29)/b24-11-/t8-,10+/m1/s1. The number of thiazole rings is 1. The number of aliphatic carboxylic acids is 1. The van der Waals surface area contributed by atoms with E-state index in [1.807, 2.05) is 0 Å². The number of amides is 3. The van der Waals surface area contributed by atoms with Crippen molar-refractivity contribution in [1.29, 1.82) is 0 Å². The summed E-state index contributed by atoms with van der Waals surface area (Å²) in [6.07, 6.45) is -0.736. The van der Waals surface area contributed by atoms with Gasteiger partial charge in [-0.2, -0.15) is 0 Å². The normalized spacial score (nSPS) is 18.8. The molecule has 1 saturated heterocycles. The van der Waals surface area contributed by atoms with Gasteiger partial charge < -0.3 is 25.3 Å². The van der Waals surface area contributed by atoms with E-state index in [1.54, 1.807) is 20.8 Å². The number of anilines is 1. The Kier molecular flexibility index (Phi) is 8.03. The lowest BCUT2D eigenvalue weighted by atomic mass is 10.0. The summed E-state index contributed by atoms with van der Waals surface area (Å²) >= 11 is 3.07. The van der Waals surface area contributed by atoms with Crippen LogP contribution in [0.2, 0.25) is 0 Å². The molecule has 1 fully saturated rings. The number of hydrogen-bond acceptors (Lipinski definition) is 9. The molecule has 0 bridgehead atoms. The van der Waals surface area contributed by atoms with Crippen LogP contribution in [0.25, 0.3) is 0 Å². The molecular weight excluding hydrogens is 557 g/mol. The number of nitrogens with one attached hydrogen (secondary N) is 3. The lowest BCUT2D eigenvalue weighted by molar-refractivity contribution is -0.161. The summed E-state index contributed by atoms with van der Waals surface area (Å²) < 4.78 is 5.73. The molecule has 0 saturated carbocycles. The molecule has 3 amide bonds. The summed E-state index contributed by atoms with van der Waals surface area (Å²) in [5.41, 5.74) is -2.77. The lowest BCUT2D eigenvalue weighted by Crippen LogP contribution is -2.70. The summed E-state index contributed by atoms with van der Waals surface area (Å²) in [7, 11) is 0. The van der Waals surface area contributed by atoms with E-state index in [-0.39, 0.29) is 28.5 Å².